The largest absolute Gasteiger partial charge is 0.489 e. The van der Waals surface area contributed by atoms with Crippen molar-refractivity contribution in [3.63, 3.8) is 0 Å². The Labute approximate surface area is 165 Å². The minimum Gasteiger partial charge on any atom is -0.489 e. The van der Waals surface area contributed by atoms with Crippen molar-refractivity contribution in [3.05, 3.63) is 70.4 Å². The number of carbonyl (C=O) groups is 2. The predicted octanol–water partition coefficient (Wildman–Crippen LogP) is 3.49. The number of piperazine rings is 1. The first kappa shape index (κ1) is 19.7. The lowest BCUT2D eigenvalue weighted by Gasteiger charge is -2.27. The number of hydrogen-bond donors (Lipinski definition) is 2. The number of hydrogen-bond acceptors (Lipinski definition) is 3. The quantitative estimate of drug-likeness (QED) is 0.783. The Morgan fingerprint density at radius 2 is 1.71 bits per heavy atom. The molecule has 0 aliphatic carbocycles. The Morgan fingerprint density at radius 3 is 2.32 bits per heavy atom. The lowest BCUT2D eigenvalue weighted by Crippen LogP contribution is -2.56. The molecule has 0 aromatic heterocycles. The number of rotatable bonds is 5. The number of benzene rings is 2. The molecule has 2 N–H and O–H groups in total. The number of aryl methyl sites for hydroxylation is 2. The van der Waals surface area contributed by atoms with Crippen molar-refractivity contribution >= 4 is 17.9 Å². The highest BCUT2D eigenvalue weighted by atomic mass is 16.5. The van der Waals surface area contributed by atoms with Crippen molar-refractivity contribution in [2.24, 2.45) is 5.92 Å². The zero-order valence-electron chi connectivity index (χ0n) is 16.7. The normalized spacial score (nSPS) is 18.2. The molecule has 28 heavy (non-hydrogen) atoms. The third-order valence-corrected chi connectivity index (χ3v) is 4.84. The van der Waals surface area contributed by atoms with Gasteiger partial charge >= 0.3 is 0 Å². The molecule has 3 rings (SSSR count). The van der Waals surface area contributed by atoms with E-state index in [0.29, 0.717) is 6.61 Å². The number of nitrogens with one attached hydrogen (secondary N) is 2. The molecule has 2 aromatic rings. The number of carbonyl (C=O) groups excluding carboxylic acids is 2. The van der Waals surface area contributed by atoms with Crippen molar-refractivity contribution in [1.82, 2.24) is 10.6 Å². The van der Waals surface area contributed by atoms with E-state index in [1.807, 2.05) is 70.2 Å². The van der Waals surface area contributed by atoms with Gasteiger partial charge in [0.05, 0.1) is 0 Å². The second-order valence-corrected chi connectivity index (χ2v) is 7.49. The van der Waals surface area contributed by atoms with E-state index in [1.165, 1.54) is 0 Å². The van der Waals surface area contributed by atoms with E-state index in [1.54, 1.807) is 6.08 Å². The van der Waals surface area contributed by atoms with Crippen molar-refractivity contribution in [1.29, 1.82) is 0 Å². The number of ether oxygens (including phenoxy) is 1. The molecular weight excluding hydrogens is 352 g/mol. The van der Waals surface area contributed by atoms with Crippen LogP contribution in [0.5, 0.6) is 5.75 Å². The maximum atomic E-state index is 12.4. The SMILES string of the molecule is Cc1cc(OCc2ccccc2)cc(C)c1/C=C1\NC(=O)[C@H](C(C)C)NC1=O. The fraction of sp³-hybridized carbons (Fsp3) is 0.304. The first-order chi connectivity index (χ1) is 13.3. The molecule has 1 fully saturated rings. The van der Waals surface area contributed by atoms with Gasteiger partial charge in [-0.1, -0.05) is 44.2 Å². The summed E-state index contributed by atoms with van der Waals surface area (Å²) < 4.78 is 5.91. The van der Waals surface area contributed by atoms with Gasteiger partial charge in [0.2, 0.25) is 5.91 Å². The first-order valence-electron chi connectivity index (χ1n) is 9.46. The van der Waals surface area contributed by atoms with Crippen molar-refractivity contribution < 1.29 is 14.3 Å². The molecule has 0 radical (unpaired) electrons. The van der Waals surface area contributed by atoms with E-state index in [9.17, 15) is 9.59 Å². The lowest BCUT2D eigenvalue weighted by atomic mass is 9.98. The van der Waals surface area contributed by atoms with E-state index in [4.69, 9.17) is 4.74 Å². The van der Waals surface area contributed by atoms with E-state index >= 15 is 0 Å². The van der Waals surface area contributed by atoms with Gasteiger partial charge in [0, 0.05) is 0 Å². The summed E-state index contributed by atoms with van der Waals surface area (Å²) in [5.41, 5.74) is 4.23. The van der Waals surface area contributed by atoms with Crippen LogP contribution in [0, 0.1) is 19.8 Å². The molecule has 5 nitrogen and oxygen atoms in total. The highest BCUT2D eigenvalue weighted by Gasteiger charge is 2.31. The second kappa shape index (κ2) is 8.30. The van der Waals surface area contributed by atoms with Gasteiger partial charge < -0.3 is 15.4 Å². The summed E-state index contributed by atoms with van der Waals surface area (Å²) in [6.07, 6.45) is 1.73. The molecule has 2 aromatic carbocycles. The average molecular weight is 378 g/mol. The Hall–Kier alpha value is -3.08. The number of amides is 2. The van der Waals surface area contributed by atoms with Gasteiger partial charge in [-0.2, -0.15) is 0 Å². The molecule has 1 heterocycles. The molecule has 5 heteroatoms. The van der Waals surface area contributed by atoms with Crippen molar-refractivity contribution in [2.45, 2.75) is 40.3 Å². The zero-order valence-corrected chi connectivity index (χ0v) is 16.7. The molecule has 0 bridgehead atoms. The predicted molar refractivity (Wildman–Crippen MR) is 110 cm³/mol. The van der Waals surface area contributed by atoms with E-state index in [-0.39, 0.29) is 23.4 Å². The zero-order chi connectivity index (χ0) is 20.3. The summed E-state index contributed by atoms with van der Waals surface area (Å²) in [5, 5.41) is 5.52. The van der Waals surface area contributed by atoms with Crippen LogP contribution >= 0.6 is 0 Å². The topological polar surface area (TPSA) is 67.4 Å². The molecule has 0 spiro atoms. The summed E-state index contributed by atoms with van der Waals surface area (Å²) in [5.74, 6) is 0.369. The third kappa shape index (κ3) is 4.42. The fourth-order valence-electron chi connectivity index (χ4n) is 3.25. The molecule has 0 unspecified atom stereocenters. The average Bonchev–Trinajstić information content (AvgIpc) is 2.66. The van der Waals surface area contributed by atoms with Crippen LogP contribution in [0.4, 0.5) is 0 Å². The van der Waals surface area contributed by atoms with Gasteiger partial charge in [-0.3, -0.25) is 9.59 Å². The smallest absolute Gasteiger partial charge is 0.268 e. The maximum absolute atomic E-state index is 12.4. The van der Waals surface area contributed by atoms with Gasteiger partial charge in [-0.15, -0.1) is 0 Å². The summed E-state index contributed by atoms with van der Waals surface area (Å²) in [7, 11) is 0. The molecular formula is C23H26N2O3. The van der Waals surface area contributed by atoms with Crippen LogP contribution in [0.15, 0.2) is 48.2 Å². The van der Waals surface area contributed by atoms with E-state index < -0.39 is 6.04 Å². The Kier molecular flexibility index (Phi) is 5.83. The molecule has 1 atom stereocenters. The minimum atomic E-state index is -0.499. The van der Waals surface area contributed by atoms with Crippen LogP contribution in [0.2, 0.25) is 0 Å². The Bertz CT molecular complexity index is 894. The van der Waals surface area contributed by atoms with Crippen LogP contribution < -0.4 is 15.4 Å². The van der Waals surface area contributed by atoms with E-state index in [2.05, 4.69) is 10.6 Å². The van der Waals surface area contributed by atoms with Gasteiger partial charge in [0.1, 0.15) is 24.1 Å². The van der Waals surface area contributed by atoms with Crippen LogP contribution in [0.1, 0.15) is 36.1 Å². The van der Waals surface area contributed by atoms with Crippen LogP contribution in [0.25, 0.3) is 6.08 Å². The molecule has 1 aliphatic heterocycles. The highest BCUT2D eigenvalue weighted by Crippen LogP contribution is 2.25. The van der Waals surface area contributed by atoms with Crippen LogP contribution in [-0.2, 0) is 16.2 Å². The molecule has 1 saturated heterocycles. The van der Waals surface area contributed by atoms with Gasteiger partial charge in [0.25, 0.3) is 5.91 Å². The van der Waals surface area contributed by atoms with Crippen molar-refractivity contribution in [2.75, 3.05) is 0 Å². The monoisotopic (exact) mass is 378 g/mol. The highest BCUT2D eigenvalue weighted by molar-refractivity contribution is 6.07. The summed E-state index contributed by atoms with van der Waals surface area (Å²) in [6, 6.07) is 13.4. The van der Waals surface area contributed by atoms with E-state index in [0.717, 1.165) is 28.0 Å². The minimum absolute atomic E-state index is 0.0371. The summed E-state index contributed by atoms with van der Waals surface area (Å²) in [6.45, 7) is 8.24. The van der Waals surface area contributed by atoms with Crippen molar-refractivity contribution in [3.8, 4) is 5.75 Å². The molecule has 0 saturated carbocycles. The molecule has 146 valence electrons. The van der Waals surface area contributed by atoms with Gasteiger partial charge in [0.15, 0.2) is 0 Å². The summed E-state index contributed by atoms with van der Waals surface area (Å²) >= 11 is 0. The standard InChI is InChI=1S/C23H26N2O3/c1-14(2)21-23(27)24-20(22(26)25-21)12-19-15(3)10-18(11-16(19)4)28-13-17-8-6-5-7-9-17/h5-12,14,21H,13H2,1-4H3,(H,24,27)(H,25,26)/b20-12-/t21-/m0/s1. The second-order valence-electron chi connectivity index (χ2n) is 7.49. The first-order valence-corrected chi connectivity index (χ1v) is 9.46. The van der Waals surface area contributed by atoms with Gasteiger partial charge in [-0.05, 0) is 60.2 Å². The fourth-order valence-corrected chi connectivity index (χ4v) is 3.25. The van der Waals surface area contributed by atoms with Gasteiger partial charge in [-0.25, -0.2) is 0 Å². The summed E-state index contributed by atoms with van der Waals surface area (Å²) in [4.78, 5) is 24.6. The van der Waals surface area contributed by atoms with Crippen LogP contribution in [0.3, 0.4) is 0 Å². The Morgan fingerprint density at radius 1 is 1.07 bits per heavy atom. The lowest BCUT2D eigenvalue weighted by molar-refractivity contribution is -0.132. The van der Waals surface area contributed by atoms with Crippen LogP contribution in [-0.4, -0.2) is 17.9 Å². The molecule has 2 amide bonds. The Balaban J connectivity index is 1.78. The maximum Gasteiger partial charge on any atom is 0.268 e. The molecule has 1 aliphatic rings. The third-order valence-electron chi connectivity index (χ3n) is 4.84.